The summed E-state index contributed by atoms with van der Waals surface area (Å²) in [7, 11) is 0. The molecule has 2 rings (SSSR count). The lowest BCUT2D eigenvalue weighted by atomic mass is 10.0. The largest absolute Gasteiger partial charge is 0.461 e. The highest BCUT2D eigenvalue weighted by molar-refractivity contribution is 5.99. The third-order valence-electron chi connectivity index (χ3n) is 4.74. The normalized spacial score (nSPS) is 11.1. The van der Waals surface area contributed by atoms with Gasteiger partial charge >= 0.3 is 11.9 Å². The minimum Gasteiger partial charge on any atom is -0.461 e. The van der Waals surface area contributed by atoms with E-state index in [1.54, 1.807) is 25.7 Å². The smallest absolute Gasteiger partial charge is 0.355 e. The van der Waals surface area contributed by atoms with Crippen LogP contribution in [0.3, 0.4) is 0 Å². The van der Waals surface area contributed by atoms with Gasteiger partial charge < -0.3 is 19.4 Å². The fourth-order valence-electron chi connectivity index (χ4n) is 3.21. The molecule has 0 bridgehead atoms. The molecule has 1 heterocycles. The molecule has 0 atom stereocenters. The van der Waals surface area contributed by atoms with Crippen LogP contribution in [-0.2, 0) is 20.8 Å². The Bertz CT molecular complexity index is 910. The van der Waals surface area contributed by atoms with Gasteiger partial charge in [-0.15, -0.1) is 0 Å². The molecule has 0 aliphatic carbocycles. The molecule has 7 heteroatoms. The molecule has 1 amide bonds. The summed E-state index contributed by atoms with van der Waals surface area (Å²) in [5.74, 6) is -1.48. The van der Waals surface area contributed by atoms with Crippen LogP contribution < -0.4 is 0 Å². The van der Waals surface area contributed by atoms with Crippen LogP contribution in [0.15, 0.2) is 30.3 Å². The Hall–Kier alpha value is -3.09. The SMILES string of the molecule is CCOC(=O)c1[nH]c(C)c(C(=O)OCC(=O)N(Cc2ccccc2)C(C)(C)C)c1C. The van der Waals surface area contributed by atoms with Crippen molar-refractivity contribution in [2.45, 2.75) is 53.6 Å². The second kappa shape index (κ2) is 9.61. The summed E-state index contributed by atoms with van der Waals surface area (Å²) < 4.78 is 10.3. The predicted octanol–water partition coefficient (Wildman–Crippen LogP) is 3.79. The van der Waals surface area contributed by atoms with Crippen LogP contribution in [0.2, 0.25) is 0 Å². The number of benzene rings is 1. The van der Waals surface area contributed by atoms with Crippen molar-refractivity contribution in [1.82, 2.24) is 9.88 Å². The number of ether oxygens (including phenoxy) is 2. The Morgan fingerprint density at radius 2 is 1.63 bits per heavy atom. The monoisotopic (exact) mass is 414 g/mol. The summed E-state index contributed by atoms with van der Waals surface area (Å²) >= 11 is 0. The molecular weight excluding hydrogens is 384 g/mol. The number of hydrogen-bond acceptors (Lipinski definition) is 5. The van der Waals surface area contributed by atoms with E-state index in [2.05, 4.69) is 4.98 Å². The van der Waals surface area contributed by atoms with Gasteiger partial charge in [0.1, 0.15) is 5.69 Å². The van der Waals surface area contributed by atoms with Gasteiger partial charge in [0, 0.05) is 17.8 Å². The number of rotatable bonds is 7. The number of H-pyrrole nitrogens is 1. The van der Waals surface area contributed by atoms with Gasteiger partial charge in [-0.1, -0.05) is 30.3 Å². The summed E-state index contributed by atoms with van der Waals surface area (Å²) in [4.78, 5) is 42.1. The third-order valence-corrected chi connectivity index (χ3v) is 4.74. The Kier molecular flexibility index (Phi) is 7.43. The van der Waals surface area contributed by atoms with Gasteiger partial charge in [0.05, 0.1) is 12.2 Å². The number of amides is 1. The number of carbonyl (C=O) groups is 3. The van der Waals surface area contributed by atoms with Gasteiger partial charge in [-0.3, -0.25) is 4.79 Å². The van der Waals surface area contributed by atoms with Gasteiger partial charge in [0.2, 0.25) is 0 Å². The second-order valence-corrected chi connectivity index (χ2v) is 8.06. The number of nitrogens with zero attached hydrogens (tertiary/aromatic N) is 1. The molecule has 162 valence electrons. The van der Waals surface area contributed by atoms with Crippen molar-refractivity contribution in [1.29, 1.82) is 0 Å². The van der Waals surface area contributed by atoms with E-state index in [9.17, 15) is 14.4 Å². The van der Waals surface area contributed by atoms with Crippen LogP contribution in [0.1, 0.15) is 65.4 Å². The van der Waals surface area contributed by atoms with Crippen LogP contribution in [0.4, 0.5) is 0 Å². The van der Waals surface area contributed by atoms with E-state index >= 15 is 0 Å². The summed E-state index contributed by atoms with van der Waals surface area (Å²) in [6.45, 7) is 11.1. The molecule has 0 aliphatic rings. The molecule has 0 spiro atoms. The maximum absolute atomic E-state index is 12.9. The predicted molar refractivity (Wildman–Crippen MR) is 113 cm³/mol. The summed E-state index contributed by atoms with van der Waals surface area (Å²) in [5.41, 5.74) is 1.94. The molecule has 7 nitrogen and oxygen atoms in total. The molecule has 0 aliphatic heterocycles. The van der Waals surface area contributed by atoms with Gasteiger partial charge in [-0.2, -0.15) is 0 Å². The topological polar surface area (TPSA) is 88.7 Å². The third kappa shape index (κ3) is 5.49. The van der Waals surface area contributed by atoms with Gasteiger partial charge in [-0.05, 0) is 52.7 Å². The summed E-state index contributed by atoms with van der Waals surface area (Å²) in [6, 6.07) is 9.64. The van der Waals surface area contributed by atoms with Crippen molar-refractivity contribution in [3.63, 3.8) is 0 Å². The molecule has 1 aromatic carbocycles. The minimum atomic E-state index is -0.654. The van der Waals surface area contributed by atoms with Crippen LogP contribution in [-0.4, -0.2) is 46.5 Å². The zero-order chi connectivity index (χ0) is 22.5. The Morgan fingerprint density at radius 1 is 1.00 bits per heavy atom. The molecule has 0 unspecified atom stereocenters. The van der Waals surface area contributed by atoms with Crippen molar-refractivity contribution in [3.05, 3.63) is 58.4 Å². The average Bonchev–Trinajstić information content (AvgIpc) is 2.98. The Morgan fingerprint density at radius 3 is 2.20 bits per heavy atom. The van der Waals surface area contributed by atoms with E-state index in [1.807, 2.05) is 51.1 Å². The second-order valence-electron chi connectivity index (χ2n) is 8.06. The van der Waals surface area contributed by atoms with E-state index in [1.165, 1.54) is 0 Å². The highest BCUT2D eigenvalue weighted by atomic mass is 16.5. The minimum absolute atomic E-state index is 0.216. The van der Waals surface area contributed by atoms with Crippen LogP contribution in [0, 0.1) is 13.8 Å². The number of nitrogens with one attached hydrogen (secondary N) is 1. The van der Waals surface area contributed by atoms with E-state index < -0.39 is 17.5 Å². The van der Waals surface area contributed by atoms with Crippen LogP contribution in [0.5, 0.6) is 0 Å². The number of aromatic amines is 1. The van der Waals surface area contributed by atoms with Crippen molar-refractivity contribution < 1.29 is 23.9 Å². The standard InChI is InChI=1S/C23H30N2O5/c1-7-29-22(28)20-15(2)19(16(3)24-20)21(27)30-14-18(26)25(23(4,5)6)13-17-11-9-8-10-12-17/h8-12,24H,7,13-14H2,1-6H3. The molecule has 0 saturated carbocycles. The van der Waals surface area contributed by atoms with Crippen molar-refractivity contribution in [2.75, 3.05) is 13.2 Å². The molecule has 0 saturated heterocycles. The molecular formula is C23H30N2O5. The van der Waals surface area contributed by atoms with Gasteiger partial charge in [-0.25, -0.2) is 9.59 Å². The van der Waals surface area contributed by atoms with E-state index in [0.29, 0.717) is 17.8 Å². The molecule has 1 aromatic heterocycles. The van der Waals surface area contributed by atoms with E-state index in [4.69, 9.17) is 9.47 Å². The van der Waals surface area contributed by atoms with Crippen LogP contribution in [0.25, 0.3) is 0 Å². The first kappa shape index (κ1) is 23.2. The Balaban J connectivity index is 2.12. The number of carbonyl (C=O) groups excluding carboxylic acids is 3. The number of esters is 2. The number of hydrogen-bond donors (Lipinski definition) is 1. The first-order valence-corrected chi connectivity index (χ1v) is 9.94. The quantitative estimate of drug-likeness (QED) is 0.697. The van der Waals surface area contributed by atoms with Crippen molar-refractivity contribution >= 4 is 17.8 Å². The fourth-order valence-corrected chi connectivity index (χ4v) is 3.21. The number of aryl methyl sites for hydroxylation is 1. The number of aromatic nitrogens is 1. The van der Waals surface area contributed by atoms with Crippen molar-refractivity contribution in [2.24, 2.45) is 0 Å². The molecule has 2 aromatic rings. The first-order chi connectivity index (χ1) is 14.1. The lowest BCUT2D eigenvalue weighted by Gasteiger charge is -2.35. The maximum Gasteiger partial charge on any atom is 0.355 e. The van der Waals surface area contributed by atoms with Crippen molar-refractivity contribution in [3.8, 4) is 0 Å². The van der Waals surface area contributed by atoms with Crippen LogP contribution >= 0.6 is 0 Å². The first-order valence-electron chi connectivity index (χ1n) is 9.94. The lowest BCUT2D eigenvalue weighted by Crippen LogP contribution is -2.46. The maximum atomic E-state index is 12.9. The highest BCUT2D eigenvalue weighted by Crippen LogP contribution is 2.21. The highest BCUT2D eigenvalue weighted by Gasteiger charge is 2.29. The van der Waals surface area contributed by atoms with Gasteiger partial charge in [0.15, 0.2) is 6.61 Å². The zero-order valence-electron chi connectivity index (χ0n) is 18.5. The van der Waals surface area contributed by atoms with E-state index in [-0.39, 0.29) is 30.4 Å². The molecule has 30 heavy (non-hydrogen) atoms. The fraction of sp³-hybridized carbons (Fsp3) is 0.435. The summed E-state index contributed by atoms with van der Waals surface area (Å²) in [6.07, 6.45) is 0. The molecule has 0 radical (unpaired) electrons. The van der Waals surface area contributed by atoms with Gasteiger partial charge in [0.25, 0.3) is 5.91 Å². The lowest BCUT2D eigenvalue weighted by molar-refractivity contribution is -0.140. The average molecular weight is 415 g/mol. The Labute approximate surface area is 177 Å². The molecule has 0 fully saturated rings. The van der Waals surface area contributed by atoms with E-state index in [0.717, 1.165) is 5.56 Å². The summed E-state index contributed by atoms with van der Waals surface area (Å²) in [5, 5.41) is 0. The zero-order valence-corrected chi connectivity index (χ0v) is 18.5. The molecule has 1 N–H and O–H groups in total.